The monoisotopic (exact) mass is 374 g/mol. The second-order valence-corrected chi connectivity index (χ2v) is 6.18. The lowest BCUT2D eigenvalue weighted by Gasteiger charge is -2.14. The summed E-state index contributed by atoms with van der Waals surface area (Å²) in [4.78, 5) is 13.7. The molecule has 1 N–H and O–H groups in total. The number of likely N-dealkylation sites (N-methyl/N-ethyl adjacent to an activating group) is 1. The highest BCUT2D eigenvalue weighted by atomic mass is 35.5. The van der Waals surface area contributed by atoms with E-state index in [0.717, 1.165) is 5.56 Å². The first kappa shape index (κ1) is 18.0. The van der Waals surface area contributed by atoms with Crippen molar-refractivity contribution in [3.63, 3.8) is 0 Å². The molecular weight excluding hydrogens is 359 g/mol. The first-order chi connectivity index (χ1) is 12.5. The Morgan fingerprint density at radius 1 is 1.23 bits per heavy atom. The van der Waals surface area contributed by atoms with Crippen molar-refractivity contribution >= 4 is 23.2 Å². The van der Waals surface area contributed by atoms with Gasteiger partial charge in [0.2, 0.25) is 17.7 Å². The molecule has 2 aromatic carbocycles. The zero-order valence-electron chi connectivity index (χ0n) is 13.9. The summed E-state index contributed by atoms with van der Waals surface area (Å²) in [6.07, 6.45) is 0. The van der Waals surface area contributed by atoms with E-state index in [1.54, 1.807) is 42.3 Å². The van der Waals surface area contributed by atoms with Gasteiger partial charge >= 0.3 is 0 Å². The number of nitrogens with zero attached hydrogens (tertiary/aromatic N) is 3. The molecule has 0 unspecified atom stereocenters. The number of amides is 1. The van der Waals surface area contributed by atoms with Crippen LogP contribution in [0.2, 0.25) is 5.02 Å². The van der Waals surface area contributed by atoms with Gasteiger partial charge in [0.15, 0.2) is 0 Å². The van der Waals surface area contributed by atoms with E-state index < -0.39 is 5.82 Å². The minimum absolute atomic E-state index is 0.0924. The molecule has 3 rings (SSSR count). The molecular formula is C18H16ClFN4O2. The summed E-state index contributed by atoms with van der Waals surface area (Å²) < 4.78 is 18.7. The molecule has 3 aromatic rings. The smallest absolute Gasteiger partial charge is 0.247 e. The zero-order chi connectivity index (χ0) is 18.5. The van der Waals surface area contributed by atoms with Gasteiger partial charge in [0, 0.05) is 16.3 Å². The van der Waals surface area contributed by atoms with Gasteiger partial charge in [-0.3, -0.25) is 9.69 Å². The highest BCUT2D eigenvalue weighted by molar-refractivity contribution is 6.30. The van der Waals surface area contributed by atoms with Gasteiger partial charge in [-0.15, -0.1) is 10.2 Å². The maximum Gasteiger partial charge on any atom is 0.247 e. The number of nitrogens with one attached hydrogen (secondary N) is 1. The Morgan fingerprint density at radius 3 is 2.73 bits per heavy atom. The van der Waals surface area contributed by atoms with Crippen molar-refractivity contribution in [2.24, 2.45) is 0 Å². The van der Waals surface area contributed by atoms with Crippen molar-refractivity contribution in [3.05, 3.63) is 65.3 Å². The Morgan fingerprint density at radius 2 is 2.00 bits per heavy atom. The number of halogens is 2. The lowest BCUT2D eigenvalue weighted by molar-refractivity contribution is -0.117. The lowest BCUT2D eigenvalue weighted by atomic mass is 10.2. The van der Waals surface area contributed by atoms with E-state index in [2.05, 4.69) is 15.5 Å². The molecule has 26 heavy (non-hydrogen) atoms. The van der Waals surface area contributed by atoms with Crippen LogP contribution < -0.4 is 5.32 Å². The normalized spacial score (nSPS) is 10.9. The van der Waals surface area contributed by atoms with E-state index in [-0.39, 0.29) is 12.5 Å². The molecule has 0 aliphatic carbocycles. The number of anilines is 1. The van der Waals surface area contributed by atoms with E-state index in [1.165, 1.54) is 18.2 Å². The predicted octanol–water partition coefficient (Wildman–Crippen LogP) is 3.60. The largest absolute Gasteiger partial charge is 0.419 e. The molecule has 0 radical (unpaired) electrons. The maximum atomic E-state index is 13.1. The molecule has 1 heterocycles. The Kier molecular flexibility index (Phi) is 5.60. The van der Waals surface area contributed by atoms with Crippen molar-refractivity contribution < 1.29 is 13.6 Å². The second-order valence-electron chi connectivity index (χ2n) is 5.74. The van der Waals surface area contributed by atoms with E-state index >= 15 is 0 Å². The molecule has 0 aliphatic heterocycles. The van der Waals surface area contributed by atoms with E-state index in [1.807, 2.05) is 0 Å². The minimum atomic E-state index is -0.406. The van der Waals surface area contributed by atoms with Gasteiger partial charge in [-0.1, -0.05) is 17.7 Å². The summed E-state index contributed by atoms with van der Waals surface area (Å²) in [5.74, 6) is 0.0950. The number of carbonyl (C=O) groups excluding carboxylic acids is 1. The van der Waals surface area contributed by atoms with Crippen LogP contribution in [-0.4, -0.2) is 34.6 Å². The third-order valence-corrected chi connectivity index (χ3v) is 3.74. The molecule has 8 heteroatoms. The fourth-order valence-corrected chi connectivity index (χ4v) is 2.45. The number of benzene rings is 2. The summed E-state index contributed by atoms with van der Waals surface area (Å²) in [6.45, 7) is 0.395. The van der Waals surface area contributed by atoms with Crippen LogP contribution in [0.3, 0.4) is 0 Å². The van der Waals surface area contributed by atoms with Crippen molar-refractivity contribution in [2.45, 2.75) is 6.54 Å². The number of carbonyl (C=O) groups is 1. The first-order valence-electron chi connectivity index (χ1n) is 7.82. The van der Waals surface area contributed by atoms with Crippen molar-refractivity contribution in [2.75, 3.05) is 18.9 Å². The number of hydrogen-bond donors (Lipinski definition) is 1. The Hall–Kier alpha value is -2.77. The molecule has 0 saturated heterocycles. The van der Waals surface area contributed by atoms with E-state index in [0.29, 0.717) is 29.0 Å². The highest BCUT2D eigenvalue weighted by Gasteiger charge is 2.13. The SMILES string of the molecule is CN(CC(=O)Nc1cccc(F)c1)Cc1nnc(-c2ccc(Cl)cc2)o1. The van der Waals surface area contributed by atoms with Gasteiger partial charge in [0.1, 0.15) is 5.82 Å². The maximum absolute atomic E-state index is 13.1. The fraction of sp³-hybridized carbons (Fsp3) is 0.167. The number of rotatable bonds is 6. The van der Waals surface area contributed by atoms with Gasteiger partial charge in [0.25, 0.3) is 0 Å². The average Bonchev–Trinajstić information content (AvgIpc) is 3.03. The van der Waals surface area contributed by atoms with E-state index in [9.17, 15) is 9.18 Å². The third-order valence-electron chi connectivity index (χ3n) is 3.49. The summed E-state index contributed by atoms with van der Waals surface area (Å²) >= 11 is 5.86. The highest BCUT2D eigenvalue weighted by Crippen LogP contribution is 2.20. The predicted molar refractivity (Wildman–Crippen MR) is 96.1 cm³/mol. The van der Waals surface area contributed by atoms with Crippen LogP contribution in [0.1, 0.15) is 5.89 Å². The van der Waals surface area contributed by atoms with Crippen molar-refractivity contribution in [3.8, 4) is 11.5 Å². The molecule has 0 spiro atoms. The lowest BCUT2D eigenvalue weighted by Crippen LogP contribution is -2.29. The van der Waals surface area contributed by atoms with Crippen LogP contribution in [0.4, 0.5) is 10.1 Å². The number of hydrogen-bond acceptors (Lipinski definition) is 5. The van der Waals surface area contributed by atoms with Gasteiger partial charge < -0.3 is 9.73 Å². The molecule has 0 saturated carbocycles. The first-order valence-corrected chi connectivity index (χ1v) is 8.20. The third kappa shape index (κ3) is 4.87. The van der Waals surface area contributed by atoms with Crippen LogP contribution >= 0.6 is 11.6 Å². The average molecular weight is 375 g/mol. The van der Waals surface area contributed by atoms with Crippen molar-refractivity contribution in [1.29, 1.82) is 0 Å². The van der Waals surface area contributed by atoms with Crippen molar-refractivity contribution in [1.82, 2.24) is 15.1 Å². The Labute approximate surface area is 154 Å². The van der Waals surface area contributed by atoms with Crippen LogP contribution in [0, 0.1) is 5.82 Å². The van der Waals surface area contributed by atoms with Gasteiger partial charge in [0.05, 0.1) is 13.1 Å². The van der Waals surface area contributed by atoms with Crippen LogP contribution in [0.5, 0.6) is 0 Å². The molecule has 1 amide bonds. The minimum Gasteiger partial charge on any atom is -0.419 e. The van der Waals surface area contributed by atoms with Gasteiger partial charge in [-0.05, 0) is 49.5 Å². The molecule has 134 valence electrons. The summed E-state index contributed by atoms with van der Waals surface area (Å²) in [5.41, 5.74) is 1.17. The molecule has 0 aliphatic rings. The topological polar surface area (TPSA) is 71.3 Å². The van der Waals surface area contributed by atoms with Crippen LogP contribution in [0.25, 0.3) is 11.5 Å². The summed E-state index contributed by atoms with van der Waals surface area (Å²) in [7, 11) is 1.75. The summed E-state index contributed by atoms with van der Waals surface area (Å²) in [6, 6.07) is 12.8. The quantitative estimate of drug-likeness (QED) is 0.713. The second kappa shape index (κ2) is 8.07. The zero-order valence-corrected chi connectivity index (χ0v) is 14.7. The van der Waals surface area contributed by atoms with Crippen LogP contribution in [0.15, 0.2) is 52.9 Å². The number of aromatic nitrogens is 2. The van der Waals surface area contributed by atoms with E-state index in [4.69, 9.17) is 16.0 Å². The van der Waals surface area contributed by atoms with Gasteiger partial charge in [-0.2, -0.15) is 0 Å². The Bertz CT molecular complexity index is 898. The molecule has 0 fully saturated rings. The van der Waals surface area contributed by atoms with Crippen LogP contribution in [-0.2, 0) is 11.3 Å². The standard InChI is InChI=1S/C18H16ClFN4O2/c1-24(10-16(25)21-15-4-2-3-14(20)9-15)11-17-22-23-18(26-17)12-5-7-13(19)8-6-12/h2-9H,10-11H2,1H3,(H,21,25). The molecule has 1 aromatic heterocycles. The molecule has 0 bridgehead atoms. The fourth-order valence-electron chi connectivity index (χ4n) is 2.33. The summed E-state index contributed by atoms with van der Waals surface area (Å²) in [5, 5.41) is 11.2. The Balaban J connectivity index is 1.55. The molecule has 6 nitrogen and oxygen atoms in total. The van der Waals surface area contributed by atoms with Gasteiger partial charge in [-0.25, -0.2) is 4.39 Å². The molecule has 0 atom stereocenters.